The number of rotatable bonds is 7. The van der Waals surface area contributed by atoms with Crippen molar-refractivity contribution < 1.29 is 14.3 Å². The number of carbonyl (C=O) groups is 1. The van der Waals surface area contributed by atoms with Crippen molar-refractivity contribution in [2.45, 2.75) is 46.5 Å². The number of hydrogen-bond acceptors (Lipinski definition) is 3. The number of para-hydroxylation sites is 1. The molecular weight excluding hydrogens is 408 g/mol. The molecule has 0 radical (unpaired) electrons. The first kappa shape index (κ1) is 22.6. The number of hydrogen-bond donors (Lipinski definition) is 0. The summed E-state index contributed by atoms with van der Waals surface area (Å²) in [7, 11) is 0. The van der Waals surface area contributed by atoms with E-state index in [9.17, 15) is 4.79 Å². The van der Waals surface area contributed by atoms with Crippen LogP contribution in [0.3, 0.4) is 0 Å². The van der Waals surface area contributed by atoms with Gasteiger partial charge in [0.1, 0.15) is 17.2 Å². The van der Waals surface area contributed by atoms with Crippen molar-refractivity contribution in [3.05, 3.63) is 101 Å². The van der Waals surface area contributed by atoms with Gasteiger partial charge < -0.3 is 9.47 Å². The first-order chi connectivity index (χ1) is 15.9. The molecule has 168 valence electrons. The van der Waals surface area contributed by atoms with Crippen LogP contribution in [-0.2, 0) is 17.6 Å². The molecule has 1 aliphatic rings. The molecule has 0 saturated heterocycles. The Bertz CT molecular complexity index is 1260. The Morgan fingerprint density at radius 3 is 2.27 bits per heavy atom. The fourth-order valence-electron chi connectivity index (χ4n) is 4.18. The largest absolute Gasteiger partial charge is 0.456 e. The zero-order valence-electron chi connectivity index (χ0n) is 19.6. The molecule has 0 amide bonds. The molecule has 3 nitrogen and oxygen atoms in total. The third-order valence-corrected chi connectivity index (χ3v) is 5.85. The van der Waals surface area contributed by atoms with Crippen molar-refractivity contribution in [2.75, 3.05) is 0 Å². The van der Waals surface area contributed by atoms with Crippen molar-refractivity contribution in [1.29, 1.82) is 0 Å². The van der Waals surface area contributed by atoms with Crippen LogP contribution in [0.15, 0.2) is 90.0 Å². The van der Waals surface area contributed by atoms with Gasteiger partial charge >= 0.3 is 5.97 Å². The zero-order chi connectivity index (χ0) is 23.4. The van der Waals surface area contributed by atoms with E-state index in [2.05, 4.69) is 32.6 Å². The molecule has 0 saturated carbocycles. The van der Waals surface area contributed by atoms with E-state index in [0.717, 1.165) is 59.1 Å². The van der Waals surface area contributed by atoms with E-state index in [0.29, 0.717) is 11.3 Å². The van der Waals surface area contributed by atoms with Gasteiger partial charge in [-0.05, 0) is 58.6 Å². The predicted octanol–water partition coefficient (Wildman–Crippen LogP) is 7.89. The van der Waals surface area contributed by atoms with E-state index in [-0.39, 0.29) is 0 Å². The summed E-state index contributed by atoms with van der Waals surface area (Å²) in [4.78, 5) is 12.6. The maximum absolute atomic E-state index is 12.6. The lowest BCUT2D eigenvalue weighted by atomic mass is 9.85. The summed E-state index contributed by atoms with van der Waals surface area (Å²) in [6, 6.07) is 17.8. The molecule has 0 fully saturated rings. The summed E-state index contributed by atoms with van der Waals surface area (Å²) in [5, 5.41) is 1.81. The van der Waals surface area contributed by atoms with Crippen LogP contribution < -0.4 is 9.47 Å². The van der Waals surface area contributed by atoms with Gasteiger partial charge in [0, 0.05) is 27.5 Å². The third kappa shape index (κ3) is 5.09. The van der Waals surface area contributed by atoms with Crippen LogP contribution >= 0.6 is 0 Å². The highest BCUT2D eigenvalue weighted by Gasteiger charge is 2.26. The Balaban J connectivity index is 1.85. The van der Waals surface area contributed by atoms with Gasteiger partial charge in [0.05, 0.1) is 0 Å². The molecule has 33 heavy (non-hydrogen) atoms. The quantitative estimate of drug-likeness (QED) is 0.163. The van der Waals surface area contributed by atoms with Gasteiger partial charge in [0.2, 0.25) is 0 Å². The minimum atomic E-state index is -0.403. The van der Waals surface area contributed by atoms with Gasteiger partial charge in [-0.3, -0.25) is 0 Å². The SMILES string of the molecule is C=C(C)C(=O)Oc1c2c(c(Oc3ccccc3)c3ccccc13)CC=C(CCC=C(C)C)C2. The summed E-state index contributed by atoms with van der Waals surface area (Å²) >= 11 is 0. The lowest BCUT2D eigenvalue weighted by Gasteiger charge is -2.25. The van der Waals surface area contributed by atoms with Crippen molar-refractivity contribution in [3.63, 3.8) is 0 Å². The Hall–Kier alpha value is -3.59. The molecule has 0 bridgehead atoms. The molecule has 0 atom stereocenters. The monoisotopic (exact) mass is 438 g/mol. The molecule has 0 N–H and O–H groups in total. The Morgan fingerprint density at radius 1 is 0.939 bits per heavy atom. The third-order valence-electron chi connectivity index (χ3n) is 5.85. The van der Waals surface area contributed by atoms with Gasteiger partial charge in [-0.15, -0.1) is 0 Å². The standard InChI is InChI=1S/C30H30O3/c1-20(2)11-10-12-22-17-18-26-27(19-22)29(33-30(31)21(3)4)25-16-9-8-15-24(25)28(26)32-23-13-6-5-7-14-23/h5-9,11,13-17H,3,10,12,18-19H2,1-2,4H3. The molecular formula is C30H30O3. The van der Waals surface area contributed by atoms with Crippen LogP contribution in [-0.4, -0.2) is 5.97 Å². The summed E-state index contributed by atoms with van der Waals surface area (Å²) in [6.07, 6.45) is 8.04. The van der Waals surface area contributed by atoms with Gasteiger partial charge in [-0.2, -0.15) is 0 Å². The highest BCUT2D eigenvalue weighted by Crippen LogP contribution is 2.46. The van der Waals surface area contributed by atoms with E-state index >= 15 is 0 Å². The summed E-state index contributed by atoms with van der Waals surface area (Å²) in [6.45, 7) is 9.69. The van der Waals surface area contributed by atoms with Gasteiger partial charge in [0.25, 0.3) is 0 Å². The van der Waals surface area contributed by atoms with Crippen LogP contribution in [0.4, 0.5) is 0 Å². The number of carbonyl (C=O) groups excluding carboxylic acids is 1. The molecule has 3 heteroatoms. The number of benzene rings is 3. The highest BCUT2D eigenvalue weighted by molar-refractivity contribution is 5.99. The first-order valence-corrected chi connectivity index (χ1v) is 11.4. The fourth-order valence-corrected chi connectivity index (χ4v) is 4.18. The summed E-state index contributed by atoms with van der Waals surface area (Å²) in [5.74, 6) is 1.85. The van der Waals surface area contributed by atoms with Crippen molar-refractivity contribution >= 4 is 16.7 Å². The van der Waals surface area contributed by atoms with Gasteiger partial charge in [-0.25, -0.2) is 4.79 Å². The fraction of sp³-hybridized carbons (Fsp3) is 0.233. The lowest BCUT2D eigenvalue weighted by Crippen LogP contribution is -2.14. The topological polar surface area (TPSA) is 35.5 Å². The number of fused-ring (bicyclic) bond motifs is 2. The minimum absolute atomic E-state index is 0.382. The Morgan fingerprint density at radius 2 is 1.61 bits per heavy atom. The molecule has 0 aliphatic heterocycles. The van der Waals surface area contributed by atoms with Crippen LogP contribution in [0.2, 0.25) is 0 Å². The predicted molar refractivity (Wildman–Crippen MR) is 135 cm³/mol. The molecule has 1 aliphatic carbocycles. The van der Waals surface area contributed by atoms with Crippen LogP contribution in [0, 0.1) is 0 Å². The Kier molecular flexibility index (Phi) is 6.79. The second kappa shape index (κ2) is 9.91. The van der Waals surface area contributed by atoms with E-state index < -0.39 is 5.97 Å². The van der Waals surface area contributed by atoms with Gasteiger partial charge in [-0.1, -0.05) is 72.3 Å². The lowest BCUT2D eigenvalue weighted by molar-refractivity contribution is -0.130. The molecule has 0 unspecified atom stereocenters. The zero-order valence-corrected chi connectivity index (χ0v) is 19.6. The second-order valence-corrected chi connectivity index (χ2v) is 8.81. The van der Waals surface area contributed by atoms with Crippen LogP contribution in [0.5, 0.6) is 17.2 Å². The number of ether oxygens (including phenoxy) is 2. The van der Waals surface area contributed by atoms with Crippen molar-refractivity contribution in [3.8, 4) is 17.2 Å². The van der Waals surface area contributed by atoms with Crippen LogP contribution in [0.1, 0.15) is 44.7 Å². The molecule has 0 aromatic heterocycles. The summed E-state index contributed by atoms with van der Waals surface area (Å²) < 4.78 is 12.4. The average molecular weight is 439 g/mol. The number of esters is 1. The van der Waals surface area contributed by atoms with E-state index in [4.69, 9.17) is 9.47 Å². The van der Waals surface area contributed by atoms with Gasteiger partial charge in [0.15, 0.2) is 0 Å². The molecule has 0 spiro atoms. The summed E-state index contributed by atoms with van der Waals surface area (Å²) in [5.41, 5.74) is 5.17. The normalized spacial score (nSPS) is 12.5. The van der Waals surface area contributed by atoms with Crippen LogP contribution in [0.25, 0.3) is 10.8 Å². The smallest absolute Gasteiger partial charge is 0.338 e. The second-order valence-electron chi connectivity index (χ2n) is 8.81. The minimum Gasteiger partial charge on any atom is -0.456 e. The van der Waals surface area contributed by atoms with Crippen molar-refractivity contribution in [2.24, 2.45) is 0 Å². The molecule has 3 aromatic rings. The first-order valence-electron chi connectivity index (χ1n) is 11.4. The average Bonchev–Trinajstić information content (AvgIpc) is 2.81. The maximum Gasteiger partial charge on any atom is 0.338 e. The van der Waals surface area contributed by atoms with E-state index in [1.165, 1.54) is 11.1 Å². The number of allylic oxidation sites excluding steroid dienone is 4. The highest BCUT2D eigenvalue weighted by atomic mass is 16.5. The van der Waals surface area contributed by atoms with Crippen molar-refractivity contribution in [1.82, 2.24) is 0 Å². The van der Waals surface area contributed by atoms with E-state index in [1.807, 2.05) is 54.6 Å². The Labute approximate surface area is 196 Å². The molecule has 4 rings (SSSR count). The molecule has 3 aromatic carbocycles. The maximum atomic E-state index is 12.6. The van der Waals surface area contributed by atoms with E-state index in [1.54, 1.807) is 6.92 Å². The molecule has 0 heterocycles.